The SMILES string of the molecule is O=C(O)c1nc(-c2ccccc2Cl)n2c(O)cccc12. The van der Waals surface area contributed by atoms with Gasteiger partial charge in [-0.25, -0.2) is 9.78 Å². The number of nitrogens with zero attached hydrogens (tertiary/aromatic N) is 2. The van der Waals surface area contributed by atoms with E-state index in [1.165, 1.54) is 10.5 Å². The van der Waals surface area contributed by atoms with Gasteiger partial charge in [0.15, 0.2) is 11.6 Å². The number of fused-ring (bicyclic) bond motifs is 1. The highest BCUT2D eigenvalue weighted by atomic mass is 35.5. The lowest BCUT2D eigenvalue weighted by Crippen LogP contribution is -1.97. The van der Waals surface area contributed by atoms with Crippen LogP contribution in [0.2, 0.25) is 5.02 Å². The van der Waals surface area contributed by atoms with Crippen molar-refractivity contribution in [1.29, 1.82) is 0 Å². The van der Waals surface area contributed by atoms with Gasteiger partial charge in [-0.1, -0.05) is 29.8 Å². The average molecular weight is 289 g/mol. The molecule has 0 bridgehead atoms. The van der Waals surface area contributed by atoms with E-state index in [1.54, 1.807) is 36.4 Å². The van der Waals surface area contributed by atoms with Crippen LogP contribution in [0.15, 0.2) is 42.5 Å². The molecule has 2 aromatic heterocycles. The minimum atomic E-state index is -1.16. The zero-order chi connectivity index (χ0) is 14.3. The number of benzene rings is 1. The Hall–Kier alpha value is -2.53. The maximum Gasteiger partial charge on any atom is 0.356 e. The van der Waals surface area contributed by atoms with E-state index in [9.17, 15) is 15.0 Å². The number of halogens is 1. The Morgan fingerprint density at radius 1 is 1.15 bits per heavy atom. The number of carboxylic acid groups (broad SMARTS) is 1. The topological polar surface area (TPSA) is 74.8 Å². The third-order valence-electron chi connectivity index (χ3n) is 2.96. The molecule has 0 aliphatic heterocycles. The van der Waals surface area contributed by atoms with Crippen LogP contribution in [-0.2, 0) is 0 Å². The van der Waals surface area contributed by atoms with Crippen LogP contribution in [0.25, 0.3) is 16.9 Å². The number of rotatable bonds is 2. The summed E-state index contributed by atoms with van der Waals surface area (Å²) in [5.74, 6) is -0.968. The van der Waals surface area contributed by atoms with E-state index in [1.807, 2.05) is 0 Å². The molecule has 6 heteroatoms. The fourth-order valence-corrected chi connectivity index (χ4v) is 2.32. The molecule has 20 heavy (non-hydrogen) atoms. The zero-order valence-corrected chi connectivity index (χ0v) is 10.9. The van der Waals surface area contributed by atoms with Crippen LogP contribution in [0.1, 0.15) is 10.5 Å². The van der Waals surface area contributed by atoms with Crippen LogP contribution >= 0.6 is 11.6 Å². The molecule has 3 rings (SSSR count). The lowest BCUT2D eigenvalue weighted by molar-refractivity contribution is 0.0693. The van der Waals surface area contributed by atoms with Gasteiger partial charge in [0.2, 0.25) is 0 Å². The quantitative estimate of drug-likeness (QED) is 0.760. The molecule has 5 nitrogen and oxygen atoms in total. The van der Waals surface area contributed by atoms with E-state index < -0.39 is 5.97 Å². The van der Waals surface area contributed by atoms with Crippen molar-refractivity contribution in [2.75, 3.05) is 0 Å². The third-order valence-corrected chi connectivity index (χ3v) is 3.29. The monoisotopic (exact) mass is 288 g/mol. The summed E-state index contributed by atoms with van der Waals surface area (Å²) in [6, 6.07) is 11.5. The Morgan fingerprint density at radius 2 is 1.90 bits per heavy atom. The first-order valence-electron chi connectivity index (χ1n) is 5.78. The maximum absolute atomic E-state index is 11.3. The molecular weight excluding hydrogens is 280 g/mol. The van der Waals surface area contributed by atoms with Gasteiger partial charge >= 0.3 is 5.97 Å². The van der Waals surface area contributed by atoms with Crippen LogP contribution in [0.5, 0.6) is 5.88 Å². The van der Waals surface area contributed by atoms with Crippen molar-refractivity contribution in [1.82, 2.24) is 9.38 Å². The summed E-state index contributed by atoms with van der Waals surface area (Å²) >= 11 is 6.12. The lowest BCUT2D eigenvalue weighted by Gasteiger charge is -2.05. The molecule has 1 aromatic carbocycles. The van der Waals surface area contributed by atoms with E-state index in [0.717, 1.165) is 0 Å². The molecule has 0 atom stereocenters. The van der Waals surface area contributed by atoms with Crippen molar-refractivity contribution in [2.45, 2.75) is 0 Å². The summed E-state index contributed by atoms with van der Waals surface area (Å²) in [5.41, 5.74) is 0.737. The predicted octanol–water partition coefficient (Wildman–Crippen LogP) is 3.06. The fraction of sp³-hybridized carbons (Fsp3) is 0. The normalized spacial score (nSPS) is 10.8. The number of aromatic hydroxyl groups is 1. The van der Waals surface area contributed by atoms with Gasteiger partial charge in [0.05, 0.1) is 10.5 Å². The summed E-state index contributed by atoms with van der Waals surface area (Å²) in [5, 5.41) is 19.6. The Labute approximate surface area is 118 Å². The summed E-state index contributed by atoms with van der Waals surface area (Å²) in [7, 11) is 0. The lowest BCUT2D eigenvalue weighted by atomic mass is 10.2. The van der Waals surface area contributed by atoms with Gasteiger partial charge in [-0.15, -0.1) is 0 Å². The van der Waals surface area contributed by atoms with Crippen LogP contribution in [-0.4, -0.2) is 25.6 Å². The number of carboxylic acids is 1. The molecule has 0 saturated heterocycles. The maximum atomic E-state index is 11.3. The van der Waals surface area contributed by atoms with E-state index >= 15 is 0 Å². The van der Waals surface area contributed by atoms with Gasteiger partial charge < -0.3 is 10.2 Å². The summed E-state index contributed by atoms with van der Waals surface area (Å²) in [4.78, 5) is 15.4. The number of pyridine rings is 1. The standard InChI is InChI=1S/C14H9ClN2O3/c15-9-5-2-1-4-8(9)13-16-12(14(19)20)10-6-3-7-11(18)17(10)13/h1-7,18H,(H,19,20). The molecular formula is C14H9ClN2O3. The van der Waals surface area contributed by atoms with E-state index in [4.69, 9.17) is 11.6 Å². The highest BCUT2D eigenvalue weighted by Crippen LogP contribution is 2.31. The van der Waals surface area contributed by atoms with Crippen molar-refractivity contribution in [3.05, 3.63) is 53.2 Å². The summed E-state index contributed by atoms with van der Waals surface area (Å²) in [6.45, 7) is 0. The second-order valence-electron chi connectivity index (χ2n) is 4.17. The molecule has 2 heterocycles. The molecule has 2 N–H and O–H groups in total. The number of aromatic nitrogens is 2. The fourth-order valence-electron chi connectivity index (χ4n) is 2.10. The van der Waals surface area contributed by atoms with Crippen LogP contribution in [0.3, 0.4) is 0 Å². The molecule has 0 aliphatic rings. The molecule has 0 amide bonds. The van der Waals surface area contributed by atoms with Gasteiger partial charge in [-0.3, -0.25) is 4.40 Å². The second-order valence-corrected chi connectivity index (χ2v) is 4.58. The minimum absolute atomic E-state index is 0.0996. The first-order valence-corrected chi connectivity index (χ1v) is 6.16. The smallest absolute Gasteiger partial charge is 0.356 e. The molecule has 0 aliphatic carbocycles. The molecule has 100 valence electrons. The number of hydrogen-bond donors (Lipinski definition) is 2. The van der Waals surface area contributed by atoms with Crippen LogP contribution in [0, 0.1) is 0 Å². The van der Waals surface area contributed by atoms with Gasteiger partial charge in [-0.2, -0.15) is 0 Å². The minimum Gasteiger partial charge on any atom is -0.494 e. The van der Waals surface area contributed by atoms with Crippen molar-refractivity contribution in [3.8, 4) is 17.3 Å². The van der Waals surface area contributed by atoms with Gasteiger partial charge in [0.1, 0.15) is 5.82 Å². The molecule has 3 aromatic rings. The molecule has 0 spiro atoms. The predicted molar refractivity (Wildman–Crippen MR) is 74.3 cm³/mol. The van der Waals surface area contributed by atoms with Gasteiger partial charge in [-0.05, 0) is 24.3 Å². The van der Waals surface area contributed by atoms with E-state index in [2.05, 4.69) is 4.98 Å². The van der Waals surface area contributed by atoms with Gasteiger partial charge in [0, 0.05) is 5.56 Å². The Bertz CT molecular complexity index is 826. The van der Waals surface area contributed by atoms with Gasteiger partial charge in [0.25, 0.3) is 0 Å². The molecule has 0 saturated carbocycles. The average Bonchev–Trinajstić information content (AvgIpc) is 2.80. The van der Waals surface area contributed by atoms with Crippen LogP contribution in [0.4, 0.5) is 0 Å². The number of aromatic carboxylic acids is 1. The van der Waals surface area contributed by atoms with E-state index in [0.29, 0.717) is 21.9 Å². The van der Waals surface area contributed by atoms with Crippen molar-refractivity contribution in [2.24, 2.45) is 0 Å². The zero-order valence-electron chi connectivity index (χ0n) is 10.1. The van der Waals surface area contributed by atoms with Crippen molar-refractivity contribution < 1.29 is 15.0 Å². The second kappa shape index (κ2) is 4.54. The third kappa shape index (κ3) is 1.80. The summed E-state index contributed by atoms with van der Waals surface area (Å²) in [6.07, 6.45) is 0. The Kier molecular flexibility index (Phi) is 2.84. The highest BCUT2D eigenvalue weighted by molar-refractivity contribution is 6.33. The highest BCUT2D eigenvalue weighted by Gasteiger charge is 2.20. The Morgan fingerprint density at radius 3 is 2.60 bits per heavy atom. The van der Waals surface area contributed by atoms with Crippen molar-refractivity contribution >= 4 is 23.1 Å². The molecule has 0 radical (unpaired) electrons. The Balaban J connectivity index is 2.43. The van der Waals surface area contributed by atoms with Crippen molar-refractivity contribution in [3.63, 3.8) is 0 Å². The molecule has 0 unspecified atom stereocenters. The number of carbonyl (C=O) groups is 1. The van der Waals surface area contributed by atoms with Crippen LogP contribution < -0.4 is 0 Å². The summed E-state index contributed by atoms with van der Waals surface area (Å²) < 4.78 is 1.37. The first kappa shape index (κ1) is 12.5. The number of hydrogen-bond acceptors (Lipinski definition) is 3. The van der Waals surface area contributed by atoms with E-state index in [-0.39, 0.29) is 11.6 Å². The number of imidazole rings is 1. The first-order chi connectivity index (χ1) is 9.59. The molecule has 0 fully saturated rings. The largest absolute Gasteiger partial charge is 0.494 e.